The van der Waals surface area contributed by atoms with E-state index in [9.17, 15) is 14.9 Å². The number of nitrogens with one attached hydrogen (secondary N) is 1. The van der Waals surface area contributed by atoms with Crippen LogP contribution >= 0.6 is 0 Å². The number of ether oxygens (including phenoxy) is 1. The number of hydrogen-bond donors (Lipinski definition) is 1. The Labute approximate surface area is 142 Å². The number of benzene rings is 1. The third-order valence-corrected chi connectivity index (χ3v) is 4.10. The predicted octanol–water partition coefficient (Wildman–Crippen LogP) is 2.73. The molecular weight excluding hydrogens is 310 g/mol. The van der Waals surface area contributed by atoms with E-state index in [0.717, 1.165) is 25.1 Å². The molecule has 1 fully saturated rings. The Hall–Kier alpha value is -2.31. The summed E-state index contributed by atoms with van der Waals surface area (Å²) in [6, 6.07) is 5.04. The molecular formula is C17H25N3O4. The first-order valence-electron chi connectivity index (χ1n) is 8.39. The number of nitrogens with zero attached hydrogens (tertiary/aromatic N) is 2. The van der Waals surface area contributed by atoms with Gasteiger partial charge >= 0.3 is 5.69 Å². The highest BCUT2D eigenvalue weighted by Crippen LogP contribution is 2.32. The molecule has 1 N–H and O–H groups in total. The van der Waals surface area contributed by atoms with Gasteiger partial charge in [-0.15, -0.1) is 0 Å². The maximum absolute atomic E-state index is 11.9. The molecule has 1 atom stereocenters. The first-order chi connectivity index (χ1) is 11.4. The first-order valence-corrected chi connectivity index (χ1v) is 8.39. The normalized spacial score (nSPS) is 17.7. The van der Waals surface area contributed by atoms with Gasteiger partial charge in [0.25, 0.3) is 0 Å². The summed E-state index contributed by atoms with van der Waals surface area (Å²) in [4.78, 5) is 24.7. The molecule has 0 bridgehead atoms. The summed E-state index contributed by atoms with van der Waals surface area (Å²) >= 11 is 0. The summed E-state index contributed by atoms with van der Waals surface area (Å²) in [6.45, 7) is 7.48. The van der Waals surface area contributed by atoms with Crippen molar-refractivity contribution in [3.05, 3.63) is 28.3 Å². The molecule has 2 rings (SSSR count). The average Bonchev–Trinajstić information content (AvgIpc) is 2.55. The van der Waals surface area contributed by atoms with Crippen LogP contribution in [0.5, 0.6) is 5.75 Å². The molecule has 1 amide bonds. The topological polar surface area (TPSA) is 84.7 Å². The summed E-state index contributed by atoms with van der Waals surface area (Å²) < 4.78 is 5.41. The number of carbonyl (C=O) groups excluding carboxylic acids is 1. The Kier molecular flexibility index (Phi) is 6.00. The van der Waals surface area contributed by atoms with Gasteiger partial charge in [0, 0.05) is 42.9 Å². The minimum absolute atomic E-state index is 0.0257. The first kappa shape index (κ1) is 18.0. The van der Waals surface area contributed by atoms with E-state index in [1.165, 1.54) is 6.07 Å². The van der Waals surface area contributed by atoms with Gasteiger partial charge in [-0.2, -0.15) is 0 Å². The van der Waals surface area contributed by atoms with Gasteiger partial charge in [-0.25, -0.2) is 0 Å². The van der Waals surface area contributed by atoms with Gasteiger partial charge in [-0.1, -0.05) is 13.8 Å². The van der Waals surface area contributed by atoms with Crippen LogP contribution in [0.25, 0.3) is 0 Å². The lowest BCUT2D eigenvalue weighted by molar-refractivity contribution is -0.385. The molecule has 0 saturated carbocycles. The van der Waals surface area contributed by atoms with Gasteiger partial charge in [0.1, 0.15) is 0 Å². The second-order valence-corrected chi connectivity index (χ2v) is 6.29. The SMILES string of the molecule is CCOc1cc(N2CCCC(NC(=O)C(C)C)C2)ccc1[N+](=O)[O-]. The number of hydrogen-bond acceptors (Lipinski definition) is 5. The van der Waals surface area contributed by atoms with Gasteiger partial charge < -0.3 is 15.0 Å². The van der Waals surface area contributed by atoms with Crippen molar-refractivity contribution in [1.29, 1.82) is 0 Å². The second kappa shape index (κ2) is 7.99. The summed E-state index contributed by atoms with van der Waals surface area (Å²) in [7, 11) is 0. The van der Waals surface area contributed by atoms with Crippen LogP contribution in [-0.2, 0) is 4.79 Å². The number of amides is 1. The zero-order valence-corrected chi connectivity index (χ0v) is 14.4. The van der Waals surface area contributed by atoms with E-state index in [1.807, 2.05) is 13.8 Å². The zero-order valence-electron chi connectivity index (χ0n) is 14.4. The summed E-state index contributed by atoms with van der Waals surface area (Å²) in [5.74, 6) is 0.304. The molecule has 1 aromatic rings. The number of piperidine rings is 1. The molecule has 0 radical (unpaired) electrons. The third kappa shape index (κ3) is 4.37. The number of anilines is 1. The van der Waals surface area contributed by atoms with Crippen LogP contribution in [0.1, 0.15) is 33.6 Å². The maximum Gasteiger partial charge on any atom is 0.311 e. The van der Waals surface area contributed by atoms with Crippen LogP contribution in [0.2, 0.25) is 0 Å². The highest BCUT2D eigenvalue weighted by Gasteiger charge is 2.24. The Morgan fingerprint density at radius 1 is 1.50 bits per heavy atom. The van der Waals surface area contributed by atoms with Crippen LogP contribution in [0.15, 0.2) is 18.2 Å². The summed E-state index contributed by atoms with van der Waals surface area (Å²) in [5.41, 5.74) is 0.856. The van der Waals surface area contributed by atoms with Crippen molar-refractivity contribution >= 4 is 17.3 Å². The fourth-order valence-corrected chi connectivity index (χ4v) is 2.82. The zero-order chi connectivity index (χ0) is 17.7. The van der Waals surface area contributed by atoms with Crippen LogP contribution < -0.4 is 15.0 Å². The molecule has 1 aromatic carbocycles. The monoisotopic (exact) mass is 335 g/mol. The number of carbonyl (C=O) groups is 1. The number of rotatable bonds is 6. The molecule has 7 heteroatoms. The van der Waals surface area contributed by atoms with E-state index in [-0.39, 0.29) is 29.3 Å². The van der Waals surface area contributed by atoms with E-state index in [4.69, 9.17) is 4.74 Å². The quantitative estimate of drug-likeness (QED) is 0.638. The van der Waals surface area contributed by atoms with Crippen molar-refractivity contribution in [2.24, 2.45) is 5.92 Å². The highest BCUT2D eigenvalue weighted by atomic mass is 16.6. The van der Waals surface area contributed by atoms with Crippen LogP contribution in [0, 0.1) is 16.0 Å². The lowest BCUT2D eigenvalue weighted by Crippen LogP contribution is -2.48. The van der Waals surface area contributed by atoms with Crippen molar-refractivity contribution in [3.8, 4) is 5.75 Å². The predicted molar refractivity (Wildman–Crippen MR) is 92.5 cm³/mol. The lowest BCUT2D eigenvalue weighted by Gasteiger charge is -2.35. The van der Waals surface area contributed by atoms with Crippen molar-refractivity contribution in [2.75, 3.05) is 24.6 Å². The fourth-order valence-electron chi connectivity index (χ4n) is 2.82. The van der Waals surface area contributed by atoms with Crippen LogP contribution in [-0.4, -0.2) is 36.6 Å². The minimum Gasteiger partial charge on any atom is -0.487 e. The Morgan fingerprint density at radius 3 is 2.88 bits per heavy atom. The van der Waals surface area contributed by atoms with Crippen LogP contribution in [0.4, 0.5) is 11.4 Å². The second-order valence-electron chi connectivity index (χ2n) is 6.29. The molecule has 132 valence electrons. The van der Waals surface area contributed by atoms with E-state index < -0.39 is 4.92 Å². The van der Waals surface area contributed by atoms with Gasteiger partial charge in [0.15, 0.2) is 5.75 Å². The highest BCUT2D eigenvalue weighted by molar-refractivity contribution is 5.78. The average molecular weight is 335 g/mol. The molecule has 7 nitrogen and oxygen atoms in total. The number of nitro groups is 1. The summed E-state index contributed by atoms with van der Waals surface area (Å²) in [5, 5.41) is 14.2. The minimum atomic E-state index is -0.434. The molecule has 0 aliphatic carbocycles. The molecule has 1 aliphatic rings. The van der Waals surface area contributed by atoms with Crippen molar-refractivity contribution in [2.45, 2.75) is 39.7 Å². The van der Waals surface area contributed by atoms with Crippen LogP contribution in [0.3, 0.4) is 0 Å². The van der Waals surface area contributed by atoms with Crippen molar-refractivity contribution in [3.63, 3.8) is 0 Å². The standard InChI is InChI=1S/C17H25N3O4/c1-4-24-16-10-14(7-8-15(16)20(22)23)19-9-5-6-13(11-19)18-17(21)12(2)3/h7-8,10,12-13H,4-6,9,11H2,1-3H3,(H,18,21). The molecule has 0 aromatic heterocycles. The largest absolute Gasteiger partial charge is 0.487 e. The molecule has 1 heterocycles. The van der Waals surface area contributed by atoms with Gasteiger partial charge in [0.2, 0.25) is 5.91 Å². The van der Waals surface area contributed by atoms with E-state index in [1.54, 1.807) is 19.1 Å². The third-order valence-electron chi connectivity index (χ3n) is 4.10. The summed E-state index contributed by atoms with van der Waals surface area (Å²) in [6.07, 6.45) is 1.91. The van der Waals surface area contributed by atoms with Gasteiger partial charge in [-0.3, -0.25) is 14.9 Å². The van der Waals surface area contributed by atoms with E-state index in [2.05, 4.69) is 10.2 Å². The molecule has 0 spiro atoms. The molecule has 24 heavy (non-hydrogen) atoms. The van der Waals surface area contributed by atoms with E-state index in [0.29, 0.717) is 13.2 Å². The fraction of sp³-hybridized carbons (Fsp3) is 0.588. The van der Waals surface area contributed by atoms with Crippen molar-refractivity contribution in [1.82, 2.24) is 5.32 Å². The molecule has 1 unspecified atom stereocenters. The molecule has 1 saturated heterocycles. The van der Waals surface area contributed by atoms with Gasteiger partial charge in [0.05, 0.1) is 11.5 Å². The smallest absolute Gasteiger partial charge is 0.311 e. The Morgan fingerprint density at radius 2 is 2.25 bits per heavy atom. The van der Waals surface area contributed by atoms with Gasteiger partial charge in [-0.05, 0) is 25.8 Å². The molecule has 1 aliphatic heterocycles. The lowest BCUT2D eigenvalue weighted by atomic mass is 10.0. The Balaban J connectivity index is 2.14. The Bertz CT molecular complexity index is 603. The van der Waals surface area contributed by atoms with Crippen molar-refractivity contribution < 1.29 is 14.5 Å². The number of nitro benzene ring substituents is 1. The maximum atomic E-state index is 11.9. The van der Waals surface area contributed by atoms with E-state index >= 15 is 0 Å².